The zero-order valence-corrected chi connectivity index (χ0v) is 21.5. The number of hydrogen-bond acceptors (Lipinski definition) is 1. The molecular formula is C31H38F4O. The Hall–Kier alpha value is -2.30. The number of hydrogen-bond donors (Lipinski definition) is 0. The van der Waals surface area contributed by atoms with Gasteiger partial charge < -0.3 is 4.74 Å². The van der Waals surface area contributed by atoms with E-state index in [1.165, 1.54) is 6.07 Å². The predicted molar refractivity (Wildman–Crippen MR) is 137 cm³/mol. The Labute approximate surface area is 212 Å². The Kier molecular flexibility index (Phi) is 9.14. The maximum absolute atomic E-state index is 15.1. The van der Waals surface area contributed by atoms with Crippen LogP contribution in [0, 0.1) is 29.2 Å². The molecule has 1 saturated carbocycles. The van der Waals surface area contributed by atoms with E-state index in [2.05, 4.69) is 13.8 Å². The molecule has 0 amide bonds. The van der Waals surface area contributed by atoms with Crippen LogP contribution < -0.4 is 4.74 Å². The zero-order valence-electron chi connectivity index (χ0n) is 21.5. The quantitative estimate of drug-likeness (QED) is 0.245. The van der Waals surface area contributed by atoms with Crippen LogP contribution in [0.25, 0.3) is 5.57 Å². The van der Waals surface area contributed by atoms with Gasteiger partial charge in [-0.2, -0.15) is 4.39 Å². The minimum atomic E-state index is -0.966. The maximum Gasteiger partial charge on any atom is 0.201 e. The molecule has 0 radical (unpaired) electrons. The van der Waals surface area contributed by atoms with E-state index in [0.29, 0.717) is 48.5 Å². The number of benzene rings is 2. The van der Waals surface area contributed by atoms with Gasteiger partial charge >= 0.3 is 0 Å². The van der Waals surface area contributed by atoms with Gasteiger partial charge in [0.15, 0.2) is 23.2 Å². The fourth-order valence-corrected chi connectivity index (χ4v) is 5.74. The van der Waals surface area contributed by atoms with Crippen LogP contribution in [-0.4, -0.2) is 6.61 Å². The molecule has 0 bridgehead atoms. The fourth-order valence-electron chi connectivity index (χ4n) is 5.74. The molecule has 0 aromatic heterocycles. The average molecular weight is 503 g/mol. The summed E-state index contributed by atoms with van der Waals surface area (Å²) < 4.78 is 65.1. The van der Waals surface area contributed by atoms with Crippen LogP contribution in [-0.2, 0) is 0 Å². The third kappa shape index (κ3) is 5.98. The van der Waals surface area contributed by atoms with Crippen molar-refractivity contribution in [2.75, 3.05) is 6.61 Å². The van der Waals surface area contributed by atoms with Gasteiger partial charge in [-0.25, -0.2) is 13.2 Å². The Balaban J connectivity index is 1.43. The van der Waals surface area contributed by atoms with Gasteiger partial charge in [-0.1, -0.05) is 64.2 Å². The summed E-state index contributed by atoms with van der Waals surface area (Å²) in [5.74, 6) is -2.83. The van der Waals surface area contributed by atoms with Crippen LogP contribution in [0.2, 0.25) is 0 Å². The van der Waals surface area contributed by atoms with Gasteiger partial charge in [0.1, 0.15) is 0 Å². The van der Waals surface area contributed by atoms with Crippen LogP contribution in [0.1, 0.15) is 113 Å². The molecule has 36 heavy (non-hydrogen) atoms. The highest BCUT2D eigenvalue weighted by Gasteiger charge is 2.28. The van der Waals surface area contributed by atoms with E-state index >= 15 is 8.78 Å². The first-order valence-corrected chi connectivity index (χ1v) is 13.7. The van der Waals surface area contributed by atoms with Crippen molar-refractivity contribution >= 4 is 5.57 Å². The molecule has 1 atom stereocenters. The highest BCUT2D eigenvalue weighted by atomic mass is 19.2. The summed E-state index contributed by atoms with van der Waals surface area (Å²) in [4.78, 5) is 0. The molecule has 0 N–H and O–H groups in total. The van der Waals surface area contributed by atoms with E-state index in [0.717, 1.165) is 51.4 Å². The van der Waals surface area contributed by atoms with Gasteiger partial charge in [-0.3, -0.25) is 0 Å². The molecule has 1 unspecified atom stereocenters. The lowest BCUT2D eigenvalue weighted by atomic mass is 9.78. The molecular weight excluding hydrogens is 464 g/mol. The summed E-state index contributed by atoms with van der Waals surface area (Å²) in [6.07, 6.45) is 11.2. The second-order valence-corrected chi connectivity index (χ2v) is 10.7. The predicted octanol–water partition coefficient (Wildman–Crippen LogP) is 9.85. The van der Waals surface area contributed by atoms with Gasteiger partial charge in [0.05, 0.1) is 6.61 Å². The lowest BCUT2D eigenvalue weighted by Gasteiger charge is -2.28. The lowest BCUT2D eigenvalue weighted by Crippen LogP contribution is -2.14. The lowest BCUT2D eigenvalue weighted by molar-refractivity contribution is 0.285. The molecule has 5 heteroatoms. The summed E-state index contributed by atoms with van der Waals surface area (Å²) in [5.41, 5.74) is 1.80. The molecule has 4 rings (SSSR count). The molecule has 0 spiro atoms. The highest BCUT2D eigenvalue weighted by molar-refractivity contribution is 5.68. The molecule has 0 aliphatic heterocycles. The number of rotatable bonds is 9. The Morgan fingerprint density at radius 2 is 1.44 bits per heavy atom. The van der Waals surface area contributed by atoms with E-state index in [-0.39, 0.29) is 23.1 Å². The molecule has 0 saturated heterocycles. The van der Waals surface area contributed by atoms with Gasteiger partial charge in [0.2, 0.25) is 5.82 Å². The molecule has 1 fully saturated rings. The SMILES string of the molecule is CCCCCCOc1ccc(C2=CCC(c3ccc(C4CCC(C)CC4)c(F)c3F)CC2)c(F)c1F. The Morgan fingerprint density at radius 3 is 2.08 bits per heavy atom. The van der Waals surface area contributed by atoms with Crippen LogP contribution in [0.4, 0.5) is 17.6 Å². The van der Waals surface area contributed by atoms with Gasteiger partial charge in [0.25, 0.3) is 0 Å². The van der Waals surface area contributed by atoms with Crippen molar-refractivity contribution in [1.29, 1.82) is 0 Å². The van der Waals surface area contributed by atoms with Crippen molar-refractivity contribution in [3.05, 3.63) is 70.3 Å². The van der Waals surface area contributed by atoms with Crippen LogP contribution in [0.5, 0.6) is 5.75 Å². The van der Waals surface area contributed by atoms with Crippen LogP contribution in [0.15, 0.2) is 30.3 Å². The normalized spacial score (nSPS) is 22.4. The summed E-state index contributed by atoms with van der Waals surface area (Å²) >= 11 is 0. The molecule has 2 aliphatic carbocycles. The molecule has 0 heterocycles. The van der Waals surface area contributed by atoms with Crippen molar-refractivity contribution in [2.24, 2.45) is 5.92 Å². The average Bonchev–Trinajstić information content (AvgIpc) is 2.89. The third-order valence-corrected chi connectivity index (χ3v) is 8.10. The number of unbranched alkanes of at least 4 members (excludes halogenated alkanes) is 3. The number of ether oxygens (including phenoxy) is 1. The minimum Gasteiger partial charge on any atom is -0.490 e. The van der Waals surface area contributed by atoms with Crippen molar-refractivity contribution in [3.63, 3.8) is 0 Å². The molecule has 2 aromatic carbocycles. The Morgan fingerprint density at radius 1 is 0.750 bits per heavy atom. The van der Waals surface area contributed by atoms with Gasteiger partial charge in [-0.15, -0.1) is 0 Å². The van der Waals surface area contributed by atoms with Crippen molar-refractivity contribution in [2.45, 2.75) is 96.3 Å². The largest absolute Gasteiger partial charge is 0.490 e. The highest BCUT2D eigenvalue weighted by Crippen LogP contribution is 2.42. The molecule has 1 nitrogen and oxygen atoms in total. The molecule has 2 aromatic rings. The van der Waals surface area contributed by atoms with Crippen molar-refractivity contribution < 1.29 is 22.3 Å². The van der Waals surface area contributed by atoms with Crippen molar-refractivity contribution in [1.82, 2.24) is 0 Å². The molecule has 2 aliphatic rings. The summed E-state index contributed by atoms with van der Waals surface area (Å²) in [5, 5.41) is 0. The first-order valence-electron chi connectivity index (χ1n) is 13.7. The first-order chi connectivity index (χ1) is 17.4. The summed E-state index contributed by atoms with van der Waals surface area (Å²) in [6.45, 7) is 4.68. The Bertz CT molecular complexity index is 1070. The number of allylic oxidation sites excluding steroid dienone is 2. The first kappa shape index (κ1) is 26.8. The smallest absolute Gasteiger partial charge is 0.201 e. The number of halogens is 4. The second-order valence-electron chi connectivity index (χ2n) is 10.7. The van der Waals surface area contributed by atoms with E-state index in [1.54, 1.807) is 18.2 Å². The summed E-state index contributed by atoms with van der Waals surface area (Å²) in [7, 11) is 0. The topological polar surface area (TPSA) is 9.23 Å². The van der Waals surface area contributed by atoms with E-state index < -0.39 is 23.3 Å². The molecule has 196 valence electrons. The second kappa shape index (κ2) is 12.3. The monoisotopic (exact) mass is 502 g/mol. The van der Waals surface area contributed by atoms with E-state index in [9.17, 15) is 8.78 Å². The van der Waals surface area contributed by atoms with E-state index in [4.69, 9.17) is 4.74 Å². The van der Waals surface area contributed by atoms with Crippen LogP contribution >= 0.6 is 0 Å². The summed E-state index contributed by atoms with van der Waals surface area (Å²) in [6, 6.07) is 6.55. The maximum atomic E-state index is 15.1. The third-order valence-electron chi connectivity index (χ3n) is 8.10. The van der Waals surface area contributed by atoms with Gasteiger partial charge in [-0.05, 0) is 85.1 Å². The van der Waals surface area contributed by atoms with Crippen molar-refractivity contribution in [3.8, 4) is 5.75 Å². The van der Waals surface area contributed by atoms with Gasteiger partial charge in [0, 0.05) is 5.56 Å². The fraction of sp³-hybridized carbons (Fsp3) is 0.548. The van der Waals surface area contributed by atoms with E-state index in [1.807, 2.05) is 6.08 Å². The standard InChI is InChI=1S/C31H38F4O/c1-3-4-5-6-19-36-27-18-17-26(30(34)31(27)35)23-13-11-22(12-14-23)25-16-15-24(28(32)29(25)33)21-9-7-20(2)8-10-21/h13,15-18,20-22H,3-12,14,19H2,1-2H3. The zero-order chi connectivity index (χ0) is 25.7. The minimum absolute atomic E-state index is 0.0629. The van der Waals surface area contributed by atoms with Crippen LogP contribution in [0.3, 0.4) is 0 Å².